The second-order valence-electron chi connectivity index (χ2n) is 10.3. The maximum atomic E-state index is 15.1. The van der Waals surface area contributed by atoms with Crippen molar-refractivity contribution >= 4 is 10.0 Å². The van der Waals surface area contributed by atoms with E-state index in [-0.39, 0.29) is 29.7 Å². The fourth-order valence-corrected chi connectivity index (χ4v) is 6.52. The van der Waals surface area contributed by atoms with Crippen LogP contribution >= 0.6 is 0 Å². The number of hydrogen-bond donors (Lipinski definition) is 1. The molecule has 38 heavy (non-hydrogen) atoms. The van der Waals surface area contributed by atoms with Crippen LogP contribution in [0.4, 0.5) is 17.6 Å². The average molecular weight is 551 g/mol. The smallest absolute Gasteiger partial charge is 0.303 e. The number of halogens is 4. The number of rotatable bonds is 9. The van der Waals surface area contributed by atoms with Crippen molar-refractivity contribution < 1.29 is 26.0 Å². The van der Waals surface area contributed by atoms with Crippen LogP contribution < -0.4 is 4.72 Å². The topological polar surface area (TPSA) is 67.2 Å². The van der Waals surface area contributed by atoms with Crippen molar-refractivity contribution in [2.75, 3.05) is 26.2 Å². The predicted molar refractivity (Wildman–Crippen MR) is 135 cm³/mol. The molecule has 1 aromatic heterocycles. The Labute approximate surface area is 219 Å². The van der Waals surface area contributed by atoms with E-state index in [0.29, 0.717) is 24.0 Å². The number of benzene rings is 2. The minimum atomic E-state index is -4.42. The summed E-state index contributed by atoms with van der Waals surface area (Å²) in [5, 5.41) is 3.87. The van der Waals surface area contributed by atoms with Gasteiger partial charge in [-0.1, -0.05) is 24.3 Å². The molecule has 6 nitrogen and oxygen atoms in total. The third kappa shape index (κ3) is 5.79. The lowest BCUT2D eigenvalue weighted by atomic mass is 9.85. The molecule has 2 aliphatic rings. The second-order valence-corrected chi connectivity index (χ2v) is 12.0. The van der Waals surface area contributed by atoms with Gasteiger partial charge in [-0.3, -0.25) is 4.68 Å². The summed E-state index contributed by atoms with van der Waals surface area (Å²) in [4.78, 5) is 2.37. The van der Waals surface area contributed by atoms with Crippen LogP contribution in [-0.2, 0) is 42.5 Å². The number of aromatic nitrogens is 2. The van der Waals surface area contributed by atoms with Crippen molar-refractivity contribution in [3.8, 4) is 0 Å². The molecule has 0 amide bonds. The van der Waals surface area contributed by atoms with Crippen LogP contribution in [0.1, 0.15) is 40.2 Å². The van der Waals surface area contributed by atoms with Crippen molar-refractivity contribution in [1.82, 2.24) is 19.4 Å². The zero-order valence-corrected chi connectivity index (χ0v) is 21.8. The van der Waals surface area contributed by atoms with E-state index < -0.39 is 27.6 Å². The molecule has 0 radical (unpaired) electrons. The van der Waals surface area contributed by atoms with Gasteiger partial charge < -0.3 is 4.90 Å². The Balaban J connectivity index is 1.37. The number of nitrogens with zero attached hydrogens (tertiary/aromatic N) is 3. The highest BCUT2D eigenvalue weighted by molar-refractivity contribution is 7.89. The standard InChI is InChI=1S/C27H30F4N4O2S/c1-34-17-23(15-32-34)38(36,37)33-7-6-19-13-25-20(14-26(19)28)12-21(16-35-8-3-9-35)24(25)11-18-4-2-5-22(10-18)27(29,30)31/h2,4-5,10,13-15,17,21,24,33H,3,6-9,11-12,16H2,1H3. The number of alkyl halides is 3. The third-order valence-electron chi connectivity index (χ3n) is 7.59. The molecule has 0 bridgehead atoms. The van der Waals surface area contributed by atoms with Gasteiger partial charge in [0.05, 0.1) is 11.8 Å². The second kappa shape index (κ2) is 10.4. The minimum absolute atomic E-state index is 0.00242. The lowest BCUT2D eigenvalue weighted by Gasteiger charge is -2.35. The van der Waals surface area contributed by atoms with Crippen molar-refractivity contribution in [2.24, 2.45) is 13.0 Å². The quantitative estimate of drug-likeness (QED) is 0.404. The predicted octanol–water partition coefficient (Wildman–Crippen LogP) is 4.30. The van der Waals surface area contributed by atoms with Crippen LogP contribution in [0, 0.1) is 11.7 Å². The van der Waals surface area contributed by atoms with Gasteiger partial charge in [-0.2, -0.15) is 18.3 Å². The summed E-state index contributed by atoms with van der Waals surface area (Å²) in [6, 6.07) is 8.74. The number of hydrogen-bond acceptors (Lipinski definition) is 4. The summed E-state index contributed by atoms with van der Waals surface area (Å²) in [5.74, 6) is -0.286. The van der Waals surface area contributed by atoms with Gasteiger partial charge in [-0.25, -0.2) is 17.5 Å². The number of fused-ring (bicyclic) bond motifs is 1. The minimum Gasteiger partial charge on any atom is -0.303 e. The molecule has 2 heterocycles. The normalized spacial score (nSPS) is 19.9. The molecule has 0 saturated carbocycles. The van der Waals surface area contributed by atoms with Gasteiger partial charge in [0.25, 0.3) is 0 Å². The lowest BCUT2D eigenvalue weighted by Crippen LogP contribution is -2.41. The summed E-state index contributed by atoms with van der Waals surface area (Å²) in [6.45, 7) is 2.82. The summed E-state index contributed by atoms with van der Waals surface area (Å²) >= 11 is 0. The molecular formula is C27H30F4N4O2S. The first kappa shape index (κ1) is 26.8. The highest BCUT2D eigenvalue weighted by atomic mass is 32.2. The van der Waals surface area contributed by atoms with Gasteiger partial charge in [0.1, 0.15) is 10.7 Å². The monoisotopic (exact) mass is 550 g/mol. The van der Waals surface area contributed by atoms with E-state index in [1.54, 1.807) is 19.2 Å². The zero-order chi connectivity index (χ0) is 27.1. The van der Waals surface area contributed by atoms with Gasteiger partial charge >= 0.3 is 6.18 Å². The van der Waals surface area contributed by atoms with Crippen molar-refractivity contribution in [3.63, 3.8) is 0 Å². The Morgan fingerprint density at radius 2 is 1.95 bits per heavy atom. The Morgan fingerprint density at radius 3 is 2.61 bits per heavy atom. The zero-order valence-electron chi connectivity index (χ0n) is 21.0. The maximum Gasteiger partial charge on any atom is 0.416 e. The van der Waals surface area contributed by atoms with Gasteiger partial charge in [-0.05, 0) is 85.0 Å². The van der Waals surface area contributed by atoms with Crippen molar-refractivity contribution in [1.29, 1.82) is 0 Å². The molecule has 2 atom stereocenters. The first-order chi connectivity index (χ1) is 18.0. The number of nitrogens with one attached hydrogen (secondary N) is 1. The van der Waals surface area contributed by atoms with Crippen molar-refractivity contribution in [3.05, 3.63) is 82.4 Å². The summed E-state index contributed by atoms with van der Waals surface area (Å²) in [6.07, 6.45) is 0.579. The summed E-state index contributed by atoms with van der Waals surface area (Å²) in [7, 11) is -2.16. The van der Waals surface area contributed by atoms with Gasteiger partial charge in [0, 0.05) is 26.3 Å². The molecule has 1 aliphatic carbocycles. The van der Waals surface area contributed by atoms with Crippen LogP contribution in [0.25, 0.3) is 0 Å². The summed E-state index contributed by atoms with van der Waals surface area (Å²) in [5.41, 5.74) is 2.13. The number of likely N-dealkylation sites (tertiary alicyclic amines) is 1. The Morgan fingerprint density at radius 1 is 1.16 bits per heavy atom. The molecule has 204 valence electrons. The average Bonchev–Trinajstić information content (AvgIpc) is 3.40. The van der Waals surface area contributed by atoms with Gasteiger partial charge in [0.15, 0.2) is 0 Å². The molecule has 1 fully saturated rings. The first-order valence-electron chi connectivity index (χ1n) is 12.7. The van der Waals surface area contributed by atoms with E-state index >= 15 is 4.39 Å². The van der Waals surface area contributed by atoms with Crippen molar-refractivity contribution in [2.45, 2.75) is 42.7 Å². The van der Waals surface area contributed by atoms with Crippen LogP contribution in [0.2, 0.25) is 0 Å². The van der Waals surface area contributed by atoms with E-state index in [1.807, 2.05) is 0 Å². The van der Waals surface area contributed by atoms with E-state index in [0.717, 1.165) is 43.2 Å². The maximum absolute atomic E-state index is 15.1. The lowest BCUT2D eigenvalue weighted by molar-refractivity contribution is -0.137. The number of aryl methyl sites for hydroxylation is 1. The SMILES string of the molecule is Cn1cc(S(=O)(=O)NCCc2cc3c(cc2F)CC(CN2CCC2)C3Cc2cccc(C(F)(F)F)c2)cn1. The molecule has 2 aromatic carbocycles. The van der Waals surface area contributed by atoms with E-state index in [9.17, 15) is 21.6 Å². The molecular weight excluding hydrogens is 520 g/mol. The van der Waals surface area contributed by atoms with Gasteiger partial charge in [0.2, 0.25) is 10.0 Å². The van der Waals surface area contributed by atoms with E-state index in [4.69, 9.17) is 0 Å². The molecule has 11 heteroatoms. The van der Waals surface area contributed by atoms with Gasteiger partial charge in [-0.15, -0.1) is 0 Å². The summed E-state index contributed by atoms with van der Waals surface area (Å²) < 4.78 is 83.9. The molecule has 5 rings (SSSR count). The van der Waals surface area contributed by atoms with Crippen LogP contribution in [-0.4, -0.2) is 49.3 Å². The molecule has 1 N–H and O–H groups in total. The Hall–Kier alpha value is -2.76. The molecule has 3 aromatic rings. The first-order valence-corrected chi connectivity index (χ1v) is 14.2. The Kier molecular flexibility index (Phi) is 7.36. The number of sulfonamides is 1. The van der Waals surface area contributed by atoms with E-state index in [2.05, 4.69) is 14.7 Å². The highest BCUT2D eigenvalue weighted by Gasteiger charge is 2.36. The van der Waals surface area contributed by atoms with Crippen LogP contribution in [0.3, 0.4) is 0 Å². The molecule has 1 aliphatic heterocycles. The third-order valence-corrected chi connectivity index (χ3v) is 9.00. The van der Waals surface area contributed by atoms with E-state index in [1.165, 1.54) is 35.3 Å². The molecule has 1 saturated heterocycles. The fraction of sp³-hybridized carbons (Fsp3) is 0.444. The molecule has 0 spiro atoms. The van der Waals surface area contributed by atoms with Crippen LogP contribution in [0.5, 0.6) is 0 Å². The molecule has 2 unspecified atom stereocenters. The Bertz CT molecular complexity index is 1420. The largest absolute Gasteiger partial charge is 0.416 e. The fourth-order valence-electron chi connectivity index (χ4n) is 5.50. The highest BCUT2D eigenvalue weighted by Crippen LogP contribution is 2.42. The van der Waals surface area contributed by atoms with Crippen LogP contribution in [0.15, 0.2) is 53.7 Å².